The first-order valence-corrected chi connectivity index (χ1v) is 8.95. The maximum atomic E-state index is 12.1. The van der Waals surface area contributed by atoms with Crippen molar-refractivity contribution in [3.8, 4) is 11.5 Å². The van der Waals surface area contributed by atoms with Crippen LogP contribution in [0.4, 0.5) is 0 Å². The Kier molecular flexibility index (Phi) is 3.42. The second-order valence-electron chi connectivity index (χ2n) is 7.04. The molecule has 3 aromatic rings. The Labute approximate surface area is 151 Å². The van der Waals surface area contributed by atoms with Crippen molar-refractivity contribution in [2.24, 2.45) is 0 Å². The van der Waals surface area contributed by atoms with Gasteiger partial charge in [-0.1, -0.05) is 18.2 Å². The predicted octanol–water partition coefficient (Wildman–Crippen LogP) is 3.33. The van der Waals surface area contributed by atoms with E-state index in [0.29, 0.717) is 0 Å². The molecule has 0 radical (unpaired) electrons. The van der Waals surface area contributed by atoms with Crippen molar-refractivity contribution in [1.29, 1.82) is 0 Å². The Morgan fingerprint density at radius 3 is 2.88 bits per heavy atom. The van der Waals surface area contributed by atoms with Crippen LogP contribution in [0.5, 0.6) is 11.5 Å². The van der Waals surface area contributed by atoms with Crippen molar-refractivity contribution in [2.75, 3.05) is 13.3 Å². The molecule has 1 N–H and O–H groups in total. The topological polar surface area (TPSA) is 52.5 Å². The van der Waals surface area contributed by atoms with Gasteiger partial charge in [0.1, 0.15) is 0 Å². The van der Waals surface area contributed by atoms with E-state index in [0.717, 1.165) is 47.7 Å². The van der Waals surface area contributed by atoms with Crippen LogP contribution >= 0.6 is 0 Å². The lowest BCUT2D eigenvalue weighted by molar-refractivity contribution is -0.120. The van der Waals surface area contributed by atoms with Gasteiger partial charge in [0.25, 0.3) is 0 Å². The Bertz CT molecular complexity index is 1020. The zero-order valence-corrected chi connectivity index (χ0v) is 14.6. The molecule has 0 bridgehead atoms. The molecule has 1 amide bonds. The highest BCUT2D eigenvalue weighted by atomic mass is 16.7. The molecule has 1 saturated heterocycles. The van der Waals surface area contributed by atoms with E-state index in [4.69, 9.17) is 9.47 Å². The van der Waals surface area contributed by atoms with Crippen molar-refractivity contribution in [1.82, 2.24) is 9.88 Å². The summed E-state index contributed by atoms with van der Waals surface area (Å²) in [6.45, 7) is 3.93. The SMILES string of the molecule is Cc1cn(Cc2ccc3c(c2)OCO3)c2cc(C3CCNC3=O)ccc12. The average molecular weight is 348 g/mol. The van der Waals surface area contributed by atoms with Crippen molar-refractivity contribution in [3.63, 3.8) is 0 Å². The molecule has 5 heteroatoms. The van der Waals surface area contributed by atoms with Gasteiger partial charge in [0, 0.05) is 30.2 Å². The van der Waals surface area contributed by atoms with E-state index in [9.17, 15) is 4.79 Å². The third-order valence-electron chi connectivity index (χ3n) is 5.35. The number of hydrogen-bond donors (Lipinski definition) is 1. The minimum atomic E-state index is -0.0337. The fourth-order valence-corrected chi connectivity index (χ4v) is 3.99. The molecule has 0 saturated carbocycles. The highest BCUT2D eigenvalue weighted by molar-refractivity contribution is 5.89. The maximum Gasteiger partial charge on any atom is 0.231 e. The summed E-state index contributed by atoms with van der Waals surface area (Å²) in [5.41, 5.74) is 4.66. The van der Waals surface area contributed by atoms with E-state index >= 15 is 0 Å². The van der Waals surface area contributed by atoms with Gasteiger partial charge in [0.2, 0.25) is 12.7 Å². The minimum absolute atomic E-state index is 0.0337. The highest BCUT2D eigenvalue weighted by Crippen LogP contribution is 2.34. The van der Waals surface area contributed by atoms with Crippen LogP contribution in [0.25, 0.3) is 10.9 Å². The first-order chi connectivity index (χ1) is 12.7. The number of nitrogens with zero attached hydrogens (tertiary/aromatic N) is 1. The minimum Gasteiger partial charge on any atom is -0.454 e. The summed E-state index contributed by atoms with van der Waals surface area (Å²) < 4.78 is 13.1. The third-order valence-corrected chi connectivity index (χ3v) is 5.35. The van der Waals surface area contributed by atoms with E-state index in [1.165, 1.54) is 10.9 Å². The summed E-state index contributed by atoms with van der Waals surface area (Å²) in [5, 5.41) is 4.16. The number of benzene rings is 2. The Balaban J connectivity index is 1.53. The smallest absolute Gasteiger partial charge is 0.231 e. The highest BCUT2D eigenvalue weighted by Gasteiger charge is 2.26. The van der Waals surface area contributed by atoms with E-state index < -0.39 is 0 Å². The number of hydrogen-bond acceptors (Lipinski definition) is 3. The van der Waals surface area contributed by atoms with E-state index in [1.807, 2.05) is 12.1 Å². The molecule has 1 fully saturated rings. The summed E-state index contributed by atoms with van der Waals surface area (Å²) in [5.74, 6) is 1.71. The van der Waals surface area contributed by atoms with Crippen LogP contribution < -0.4 is 14.8 Å². The Morgan fingerprint density at radius 2 is 2.04 bits per heavy atom. The molecule has 1 unspecified atom stereocenters. The lowest BCUT2D eigenvalue weighted by Gasteiger charge is -2.10. The number of ether oxygens (including phenoxy) is 2. The van der Waals surface area contributed by atoms with Gasteiger partial charge in [-0.2, -0.15) is 0 Å². The molecule has 2 aliphatic rings. The van der Waals surface area contributed by atoms with Crippen molar-refractivity contribution >= 4 is 16.8 Å². The molecule has 2 aliphatic heterocycles. The third kappa shape index (κ3) is 2.43. The van der Waals surface area contributed by atoms with Crippen LogP contribution in [0.2, 0.25) is 0 Å². The number of carbonyl (C=O) groups excluding carboxylic acids is 1. The normalized spacial score (nSPS) is 18.5. The first kappa shape index (κ1) is 15.3. The van der Waals surface area contributed by atoms with Gasteiger partial charge in [0.15, 0.2) is 11.5 Å². The summed E-state index contributed by atoms with van der Waals surface area (Å²) in [4.78, 5) is 12.1. The maximum absolute atomic E-state index is 12.1. The summed E-state index contributed by atoms with van der Waals surface area (Å²) >= 11 is 0. The molecular weight excluding hydrogens is 328 g/mol. The molecule has 0 aliphatic carbocycles. The first-order valence-electron chi connectivity index (χ1n) is 8.95. The van der Waals surface area contributed by atoms with Crippen LogP contribution in [0.3, 0.4) is 0 Å². The second-order valence-corrected chi connectivity index (χ2v) is 7.04. The molecule has 0 spiro atoms. The molecular formula is C21H20N2O3. The molecule has 1 aromatic heterocycles. The zero-order chi connectivity index (χ0) is 17.7. The average Bonchev–Trinajstić information content (AvgIpc) is 3.34. The Hall–Kier alpha value is -2.95. The van der Waals surface area contributed by atoms with Crippen molar-refractivity contribution in [2.45, 2.75) is 25.8 Å². The molecule has 132 valence electrons. The number of aromatic nitrogens is 1. The lowest BCUT2D eigenvalue weighted by atomic mass is 9.96. The van der Waals surface area contributed by atoms with Crippen molar-refractivity contribution < 1.29 is 14.3 Å². The number of rotatable bonds is 3. The number of aryl methyl sites for hydroxylation is 1. The number of amides is 1. The van der Waals surface area contributed by atoms with Gasteiger partial charge in [0.05, 0.1) is 5.92 Å². The van der Waals surface area contributed by atoms with Gasteiger partial charge in [-0.15, -0.1) is 0 Å². The number of fused-ring (bicyclic) bond motifs is 2. The van der Waals surface area contributed by atoms with Crippen LogP contribution in [0.15, 0.2) is 42.6 Å². The summed E-state index contributed by atoms with van der Waals surface area (Å²) in [6, 6.07) is 12.5. The fraction of sp³-hybridized carbons (Fsp3) is 0.286. The van der Waals surface area contributed by atoms with E-state index in [1.54, 1.807) is 0 Å². The molecule has 5 rings (SSSR count). The standard InChI is InChI=1S/C21H20N2O3/c1-13-10-23(11-14-2-5-19-20(8-14)26-12-25-19)18-9-15(3-4-16(13)18)17-6-7-22-21(17)24/h2-5,8-10,17H,6-7,11-12H2,1H3,(H,22,24). The molecule has 26 heavy (non-hydrogen) atoms. The summed E-state index contributed by atoms with van der Waals surface area (Å²) in [7, 11) is 0. The van der Waals surface area contributed by atoms with E-state index in [2.05, 4.69) is 47.3 Å². The molecule has 2 aromatic carbocycles. The predicted molar refractivity (Wildman–Crippen MR) is 98.7 cm³/mol. The quantitative estimate of drug-likeness (QED) is 0.790. The lowest BCUT2D eigenvalue weighted by Crippen LogP contribution is -2.17. The number of nitrogens with one attached hydrogen (secondary N) is 1. The zero-order valence-electron chi connectivity index (χ0n) is 14.6. The molecule has 3 heterocycles. The van der Waals surface area contributed by atoms with E-state index in [-0.39, 0.29) is 18.6 Å². The van der Waals surface area contributed by atoms with Gasteiger partial charge in [-0.3, -0.25) is 4.79 Å². The van der Waals surface area contributed by atoms with Crippen LogP contribution in [-0.2, 0) is 11.3 Å². The monoisotopic (exact) mass is 348 g/mol. The number of carbonyl (C=O) groups is 1. The van der Waals surface area contributed by atoms with Crippen LogP contribution in [-0.4, -0.2) is 23.8 Å². The van der Waals surface area contributed by atoms with Gasteiger partial charge >= 0.3 is 0 Å². The van der Waals surface area contributed by atoms with Crippen molar-refractivity contribution in [3.05, 3.63) is 59.3 Å². The summed E-state index contributed by atoms with van der Waals surface area (Å²) in [6.07, 6.45) is 3.04. The van der Waals surface area contributed by atoms with Gasteiger partial charge in [-0.05, 0) is 48.2 Å². The van der Waals surface area contributed by atoms with Gasteiger partial charge in [-0.25, -0.2) is 0 Å². The van der Waals surface area contributed by atoms with Crippen LogP contribution in [0, 0.1) is 6.92 Å². The van der Waals surface area contributed by atoms with Gasteiger partial charge < -0.3 is 19.4 Å². The molecule has 5 nitrogen and oxygen atoms in total. The second kappa shape index (κ2) is 5.80. The Morgan fingerprint density at radius 1 is 1.15 bits per heavy atom. The fourth-order valence-electron chi connectivity index (χ4n) is 3.99. The van der Waals surface area contributed by atoms with Crippen LogP contribution in [0.1, 0.15) is 29.0 Å². The molecule has 1 atom stereocenters. The largest absolute Gasteiger partial charge is 0.454 e.